The standard InChI is InChI=1S/C18H24N2S/c1-15(13-18-5-4-12-21-18)19-14-16-6-8-17(9-7-16)20-10-2-3-11-20/h4-9,12,15,19H,2-3,10-11,13-14H2,1H3. The van der Waals surface area contributed by atoms with Crippen molar-refractivity contribution in [1.29, 1.82) is 0 Å². The summed E-state index contributed by atoms with van der Waals surface area (Å²) < 4.78 is 0. The molecule has 3 rings (SSSR count). The van der Waals surface area contributed by atoms with Gasteiger partial charge in [0.05, 0.1) is 0 Å². The quantitative estimate of drug-likeness (QED) is 0.865. The highest BCUT2D eigenvalue weighted by Gasteiger charge is 2.11. The highest BCUT2D eigenvalue weighted by molar-refractivity contribution is 7.09. The van der Waals surface area contributed by atoms with Crippen LogP contribution in [0.5, 0.6) is 0 Å². The fraction of sp³-hybridized carbons (Fsp3) is 0.444. The van der Waals surface area contributed by atoms with Gasteiger partial charge in [0.1, 0.15) is 0 Å². The third kappa shape index (κ3) is 4.08. The molecule has 3 heteroatoms. The topological polar surface area (TPSA) is 15.3 Å². The van der Waals surface area contributed by atoms with E-state index in [0.29, 0.717) is 6.04 Å². The Morgan fingerprint density at radius 2 is 1.90 bits per heavy atom. The molecule has 0 saturated carbocycles. The molecule has 0 radical (unpaired) electrons. The predicted octanol–water partition coefficient (Wildman–Crippen LogP) is 4.07. The van der Waals surface area contributed by atoms with Crippen molar-refractivity contribution in [2.45, 2.75) is 38.8 Å². The Bertz CT molecular complexity index is 527. The molecular weight excluding hydrogens is 276 g/mol. The zero-order chi connectivity index (χ0) is 14.5. The SMILES string of the molecule is CC(Cc1cccs1)NCc1ccc(N2CCCC2)cc1. The Hall–Kier alpha value is -1.32. The second kappa shape index (κ2) is 7.10. The van der Waals surface area contributed by atoms with E-state index < -0.39 is 0 Å². The Morgan fingerprint density at radius 1 is 1.14 bits per heavy atom. The number of anilines is 1. The maximum Gasteiger partial charge on any atom is 0.0366 e. The summed E-state index contributed by atoms with van der Waals surface area (Å²) >= 11 is 1.84. The molecule has 0 amide bonds. The molecule has 2 nitrogen and oxygen atoms in total. The molecule has 1 aromatic carbocycles. The van der Waals surface area contributed by atoms with E-state index in [9.17, 15) is 0 Å². The van der Waals surface area contributed by atoms with Crippen molar-refractivity contribution in [2.24, 2.45) is 0 Å². The summed E-state index contributed by atoms with van der Waals surface area (Å²) in [6.07, 6.45) is 3.79. The van der Waals surface area contributed by atoms with Gasteiger partial charge in [0.25, 0.3) is 0 Å². The summed E-state index contributed by atoms with van der Waals surface area (Å²) in [6, 6.07) is 13.9. The van der Waals surface area contributed by atoms with Gasteiger partial charge in [0.2, 0.25) is 0 Å². The van der Waals surface area contributed by atoms with E-state index in [4.69, 9.17) is 0 Å². The average molecular weight is 300 g/mol. The number of hydrogen-bond acceptors (Lipinski definition) is 3. The van der Waals surface area contributed by atoms with Gasteiger partial charge in [0, 0.05) is 36.2 Å². The summed E-state index contributed by atoms with van der Waals surface area (Å²) in [6.45, 7) is 5.65. The summed E-state index contributed by atoms with van der Waals surface area (Å²) in [4.78, 5) is 3.94. The number of benzene rings is 1. The molecule has 1 aliphatic rings. The molecule has 1 N–H and O–H groups in total. The maximum absolute atomic E-state index is 3.62. The van der Waals surface area contributed by atoms with E-state index in [2.05, 4.69) is 58.9 Å². The molecule has 2 aromatic rings. The van der Waals surface area contributed by atoms with Crippen LogP contribution in [0.2, 0.25) is 0 Å². The van der Waals surface area contributed by atoms with Crippen LogP contribution in [0.3, 0.4) is 0 Å². The second-order valence-electron chi connectivity index (χ2n) is 5.93. The van der Waals surface area contributed by atoms with Crippen molar-refractivity contribution < 1.29 is 0 Å². The smallest absolute Gasteiger partial charge is 0.0366 e. The van der Waals surface area contributed by atoms with E-state index >= 15 is 0 Å². The first-order chi connectivity index (χ1) is 10.3. The average Bonchev–Trinajstić information content (AvgIpc) is 3.19. The lowest BCUT2D eigenvalue weighted by atomic mass is 10.1. The summed E-state index contributed by atoms with van der Waals surface area (Å²) in [5.74, 6) is 0. The molecule has 2 heterocycles. The predicted molar refractivity (Wildman–Crippen MR) is 92.2 cm³/mol. The van der Waals surface area contributed by atoms with Crippen LogP contribution in [-0.2, 0) is 13.0 Å². The minimum atomic E-state index is 0.516. The molecule has 1 unspecified atom stereocenters. The molecule has 1 atom stereocenters. The largest absolute Gasteiger partial charge is 0.372 e. The number of hydrogen-bond donors (Lipinski definition) is 1. The van der Waals surface area contributed by atoms with Gasteiger partial charge in [-0.1, -0.05) is 18.2 Å². The molecule has 1 aromatic heterocycles. The van der Waals surface area contributed by atoms with Gasteiger partial charge in [-0.25, -0.2) is 0 Å². The van der Waals surface area contributed by atoms with Gasteiger partial charge in [0.15, 0.2) is 0 Å². The van der Waals surface area contributed by atoms with E-state index in [-0.39, 0.29) is 0 Å². The first-order valence-corrected chi connectivity index (χ1v) is 8.79. The molecule has 0 spiro atoms. The summed E-state index contributed by atoms with van der Waals surface area (Å²) in [5.41, 5.74) is 2.75. The maximum atomic E-state index is 3.62. The molecule has 112 valence electrons. The highest BCUT2D eigenvalue weighted by Crippen LogP contribution is 2.20. The Labute approximate surface area is 131 Å². The third-order valence-corrected chi connectivity index (χ3v) is 5.05. The van der Waals surface area contributed by atoms with Crippen LogP contribution in [0.4, 0.5) is 5.69 Å². The Morgan fingerprint density at radius 3 is 2.57 bits per heavy atom. The molecule has 1 saturated heterocycles. The molecule has 21 heavy (non-hydrogen) atoms. The summed E-state index contributed by atoms with van der Waals surface area (Å²) in [7, 11) is 0. The lowest BCUT2D eigenvalue weighted by molar-refractivity contribution is 0.548. The number of nitrogens with one attached hydrogen (secondary N) is 1. The summed E-state index contributed by atoms with van der Waals surface area (Å²) in [5, 5.41) is 5.77. The minimum Gasteiger partial charge on any atom is -0.372 e. The Balaban J connectivity index is 1.48. The molecule has 1 aliphatic heterocycles. The van der Waals surface area contributed by atoms with E-state index in [1.165, 1.54) is 42.1 Å². The normalized spacial score (nSPS) is 16.3. The zero-order valence-electron chi connectivity index (χ0n) is 12.7. The Kier molecular flexibility index (Phi) is 4.94. The van der Waals surface area contributed by atoms with Crippen LogP contribution in [-0.4, -0.2) is 19.1 Å². The molecular formula is C18H24N2S. The minimum absolute atomic E-state index is 0.516. The molecule has 0 bridgehead atoms. The first kappa shape index (κ1) is 14.6. The number of nitrogens with zero attached hydrogens (tertiary/aromatic N) is 1. The van der Waals surface area contributed by atoms with Crippen LogP contribution in [0.25, 0.3) is 0 Å². The van der Waals surface area contributed by atoms with Crippen LogP contribution < -0.4 is 10.2 Å². The highest BCUT2D eigenvalue weighted by atomic mass is 32.1. The van der Waals surface area contributed by atoms with E-state index in [1.807, 2.05) is 11.3 Å². The van der Waals surface area contributed by atoms with Crippen LogP contribution in [0.15, 0.2) is 41.8 Å². The van der Waals surface area contributed by atoms with Gasteiger partial charge in [-0.15, -0.1) is 11.3 Å². The van der Waals surface area contributed by atoms with Crippen molar-refractivity contribution in [1.82, 2.24) is 5.32 Å². The van der Waals surface area contributed by atoms with Gasteiger partial charge in [-0.05, 0) is 55.3 Å². The van der Waals surface area contributed by atoms with Gasteiger partial charge < -0.3 is 10.2 Å². The fourth-order valence-electron chi connectivity index (χ4n) is 2.89. The molecule has 0 aliphatic carbocycles. The van der Waals surface area contributed by atoms with Crippen LogP contribution >= 0.6 is 11.3 Å². The van der Waals surface area contributed by atoms with Gasteiger partial charge >= 0.3 is 0 Å². The first-order valence-electron chi connectivity index (χ1n) is 7.91. The zero-order valence-corrected chi connectivity index (χ0v) is 13.5. The van der Waals surface area contributed by atoms with Crippen molar-refractivity contribution in [3.05, 3.63) is 52.2 Å². The second-order valence-corrected chi connectivity index (χ2v) is 6.96. The molecule has 1 fully saturated rings. The van der Waals surface area contributed by atoms with Crippen molar-refractivity contribution in [3.63, 3.8) is 0 Å². The number of rotatable bonds is 6. The van der Waals surface area contributed by atoms with Crippen molar-refractivity contribution >= 4 is 17.0 Å². The number of thiophene rings is 1. The van der Waals surface area contributed by atoms with Gasteiger partial charge in [-0.2, -0.15) is 0 Å². The lowest BCUT2D eigenvalue weighted by Crippen LogP contribution is -2.27. The fourth-order valence-corrected chi connectivity index (χ4v) is 3.73. The third-order valence-electron chi connectivity index (χ3n) is 4.15. The van der Waals surface area contributed by atoms with Crippen LogP contribution in [0.1, 0.15) is 30.2 Å². The van der Waals surface area contributed by atoms with E-state index in [0.717, 1.165) is 13.0 Å². The van der Waals surface area contributed by atoms with Crippen molar-refractivity contribution in [2.75, 3.05) is 18.0 Å². The van der Waals surface area contributed by atoms with Crippen LogP contribution in [0, 0.1) is 0 Å². The lowest BCUT2D eigenvalue weighted by Gasteiger charge is -2.18. The monoisotopic (exact) mass is 300 g/mol. The van der Waals surface area contributed by atoms with Crippen molar-refractivity contribution in [3.8, 4) is 0 Å². The van der Waals surface area contributed by atoms with Gasteiger partial charge in [-0.3, -0.25) is 0 Å². The van der Waals surface area contributed by atoms with E-state index in [1.54, 1.807) is 0 Å².